The van der Waals surface area contributed by atoms with Crippen LogP contribution in [0.25, 0.3) is 0 Å². The maximum absolute atomic E-state index is 11.4. The standard InChI is InChI=1S/C12H19N3O2/c1-8(7-17-3)15(2)11-5-4-9(13)6-10(11)12(14)16/h4-6,8H,7,13H2,1-3H3,(H2,14,16). The molecule has 17 heavy (non-hydrogen) atoms. The van der Waals surface area contributed by atoms with Crippen molar-refractivity contribution >= 4 is 17.3 Å². The summed E-state index contributed by atoms with van der Waals surface area (Å²) in [6.07, 6.45) is 0. The van der Waals surface area contributed by atoms with Crippen molar-refractivity contribution in [3.8, 4) is 0 Å². The number of methoxy groups -OCH3 is 1. The van der Waals surface area contributed by atoms with Crippen LogP contribution in [0.1, 0.15) is 17.3 Å². The van der Waals surface area contributed by atoms with Crippen LogP contribution in [0.4, 0.5) is 11.4 Å². The van der Waals surface area contributed by atoms with E-state index in [0.717, 1.165) is 5.69 Å². The summed E-state index contributed by atoms with van der Waals surface area (Å²) in [5, 5.41) is 0. The largest absolute Gasteiger partial charge is 0.399 e. The van der Waals surface area contributed by atoms with Gasteiger partial charge in [0.15, 0.2) is 0 Å². The molecule has 1 aromatic carbocycles. The van der Waals surface area contributed by atoms with E-state index in [2.05, 4.69) is 0 Å². The van der Waals surface area contributed by atoms with Crippen LogP contribution in [0.3, 0.4) is 0 Å². The van der Waals surface area contributed by atoms with Gasteiger partial charge in [0.05, 0.1) is 12.2 Å². The number of carbonyl (C=O) groups is 1. The van der Waals surface area contributed by atoms with Crippen molar-refractivity contribution in [2.45, 2.75) is 13.0 Å². The first-order chi connectivity index (χ1) is 7.97. The molecule has 0 saturated carbocycles. The van der Waals surface area contributed by atoms with Gasteiger partial charge >= 0.3 is 0 Å². The zero-order chi connectivity index (χ0) is 13.0. The van der Waals surface area contributed by atoms with E-state index in [0.29, 0.717) is 17.9 Å². The van der Waals surface area contributed by atoms with Gasteiger partial charge in [-0.25, -0.2) is 0 Å². The van der Waals surface area contributed by atoms with Crippen molar-refractivity contribution in [1.82, 2.24) is 0 Å². The normalized spacial score (nSPS) is 12.2. The minimum Gasteiger partial charge on any atom is -0.399 e. The van der Waals surface area contributed by atoms with E-state index < -0.39 is 5.91 Å². The van der Waals surface area contributed by atoms with Gasteiger partial charge in [-0.1, -0.05) is 0 Å². The molecule has 5 nitrogen and oxygen atoms in total. The van der Waals surface area contributed by atoms with Gasteiger partial charge in [0.2, 0.25) is 0 Å². The predicted octanol–water partition coefficient (Wildman–Crippen LogP) is 0.839. The van der Waals surface area contributed by atoms with Crippen LogP contribution in [0, 0.1) is 0 Å². The summed E-state index contributed by atoms with van der Waals surface area (Å²) >= 11 is 0. The zero-order valence-electron chi connectivity index (χ0n) is 10.4. The Balaban J connectivity index is 3.08. The molecule has 0 saturated heterocycles. The molecule has 5 heteroatoms. The van der Waals surface area contributed by atoms with E-state index in [4.69, 9.17) is 16.2 Å². The van der Waals surface area contributed by atoms with Crippen molar-refractivity contribution in [2.75, 3.05) is 31.4 Å². The number of carbonyl (C=O) groups excluding carboxylic acids is 1. The molecule has 0 bridgehead atoms. The monoisotopic (exact) mass is 237 g/mol. The highest BCUT2D eigenvalue weighted by Crippen LogP contribution is 2.23. The minimum atomic E-state index is -0.483. The lowest BCUT2D eigenvalue weighted by molar-refractivity contribution is 0.100. The van der Waals surface area contributed by atoms with Crippen LogP contribution in [-0.2, 0) is 4.74 Å². The summed E-state index contributed by atoms with van der Waals surface area (Å²) in [7, 11) is 3.53. The molecule has 1 rings (SSSR count). The number of hydrogen-bond donors (Lipinski definition) is 2. The van der Waals surface area contributed by atoms with Crippen molar-refractivity contribution in [2.24, 2.45) is 5.73 Å². The number of ether oxygens (including phenoxy) is 1. The highest BCUT2D eigenvalue weighted by atomic mass is 16.5. The van der Waals surface area contributed by atoms with Gasteiger partial charge in [0.1, 0.15) is 0 Å². The number of amides is 1. The third-order valence-electron chi connectivity index (χ3n) is 2.74. The molecule has 1 atom stereocenters. The first-order valence-corrected chi connectivity index (χ1v) is 5.38. The molecule has 0 aliphatic rings. The number of rotatable bonds is 5. The quantitative estimate of drug-likeness (QED) is 0.743. The second-order valence-corrected chi connectivity index (χ2v) is 4.06. The molecule has 0 aromatic heterocycles. The highest BCUT2D eigenvalue weighted by Gasteiger charge is 2.16. The van der Waals surface area contributed by atoms with Gasteiger partial charge in [-0.05, 0) is 25.1 Å². The smallest absolute Gasteiger partial charge is 0.250 e. The second-order valence-electron chi connectivity index (χ2n) is 4.06. The molecule has 0 radical (unpaired) electrons. The van der Waals surface area contributed by atoms with Crippen LogP contribution >= 0.6 is 0 Å². The van der Waals surface area contributed by atoms with Gasteiger partial charge in [-0.3, -0.25) is 4.79 Å². The Hall–Kier alpha value is -1.75. The van der Waals surface area contributed by atoms with Crippen LogP contribution in [0.2, 0.25) is 0 Å². The Morgan fingerprint density at radius 1 is 1.53 bits per heavy atom. The van der Waals surface area contributed by atoms with Crippen molar-refractivity contribution in [3.05, 3.63) is 23.8 Å². The number of likely N-dealkylation sites (N-methyl/N-ethyl adjacent to an activating group) is 1. The fourth-order valence-electron chi connectivity index (χ4n) is 1.65. The Labute approximate surface area is 101 Å². The maximum Gasteiger partial charge on any atom is 0.250 e. The fourth-order valence-corrected chi connectivity index (χ4v) is 1.65. The number of nitrogens with two attached hydrogens (primary N) is 2. The zero-order valence-corrected chi connectivity index (χ0v) is 10.4. The molecule has 1 amide bonds. The number of benzene rings is 1. The number of hydrogen-bond acceptors (Lipinski definition) is 4. The lowest BCUT2D eigenvalue weighted by Gasteiger charge is -2.28. The Morgan fingerprint density at radius 2 is 2.18 bits per heavy atom. The third-order valence-corrected chi connectivity index (χ3v) is 2.74. The molecular formula is C12H19N3O2. The van der Waals surface area contributed by atoms with Crippen molar-refractivity contribution in [3.63, 3.8) is 0 Å². The van der Waals surface area contributed by atoms with Crippen LogP contribution in [-0.4, -0.2) is 32.7 Å². The Bertz CT molecular complexity index is 407. The third kappa shape index (κ3) is 3.10. The molecule has 0 aliphatic heterocycles. The molecule has 0 spiro atoms. The average Bonchev–Trinajstić information content (AvgIpc) is 2.28. The topological polar surface area (TPSA) is 81.6 Å². The summed E-state index contributed by atoms with van der Waals surface area (Å²) in [5.74, 6) is -0.483. The van der Waals surface area contributed by atoms with E-state index in [1.807, 2.05) is 18.9 Å². The molecule has 4 N–H and O–H groups in total. The number of nitrogen functional groups attached to an aromatic ring is 1. The maximum atomic E-state index is 11.4. The van der Waals surface area contributed by atoms with Crippen LogP contribution < -0.4 is 16.4 Å². The van der Waals surface area contributed by atoms with Gasteiger partial charge in [0.25, 0.3) is 5.91 Å². The van der Waals surface area contributed by atoms with Crippen LogP contribution in [0.15, 0.2) is 18.2 Å². The van der Waals surface area contributed by atoms with Crippen LogP contribution in [0.5, 0.6) is 0 Å². The SMILES string of the molecule is COCC(C)N(C)c1ccc(N)cc1C(N)=O. The molecule has 0 aliphatic carbocycles. The van der Waals surface area contributed by atoms with E-state index in [-0.39, 0.29) is 6.04 Å². The molecule has 0 fully saturated rings. The van der Waals surface area contributed by atoms with E-state index in [1.54, 1.807) is 25.3 Å². The fraction of sp³-hybridized carbons (Fsp3) is 0.417. The molecule has 0 heterocycles. The van der Waals surface area contributed by atoms with E-state index >= 15 is 0 Å². The van der Waals surface area contributed by atoms with E-state index in [1.165, 1.54) is 0 Å². The first kappa shape index (κ1) is 13.3. The van der Waals surface area contributed by atoms with E-state index in [9.17, 15) is 4.79 Å². The first-order valence-electron chi connectivity index (χ1n) is 5.38. The average molecular weight is 237 g/mol. The summed E-state index contributed by atoms with van der Waals surface area (Å²) in [5.41, 5.74) is 12.7. The number of nitrogens with zero attached hydrogens (tertiary/aromatic N) is 1. The predicted molar refractivity (Wildman–Crippen MR) is 69.1 cm³/mol. The van der Waals surface area contributed by atoms with Crippen molar-refractivity contribution in [1.29, 1.82) is 0 Å². The molecular weight excluding hydrogens is 218 g/mol. The highest BCUT2D eigenvalue weighted by molar-refractivity contribution is 5.99. The van der Waals surface area contributed by atoms with Crippen molar-refractivity contribution < 1.29 is 9.53 Å². The minimum absolute atomic E-state index is 0.140. The summed E-state index contributed by atoms with van der Waals surface area (Å²) in [6.45, 7) is 2.57. The summed E-state index contributed by atoms with van der Waals surface area (Å²) in [4.78, 5) is 13.3. The molecule has 1 aromatic rings. The number of primary amides is 1. The summed E-state index contributed by atoms with van der Waals surface area (Å²) < 4.78 is 5.09. The van der Waals surface area contributed by atoms with Gasteiger partial charge in [-0.2, -0.15) is 0 Å². The lowest BCUT2D eigenvalue weighted by atomic mass is 10.1. The molecule has 94 valence electrons. The lowest BCUT2D eigenvalue weighted by Crippen LogP contribution is -2.34. The molecule has 1 unspecified atom stereocenters. The number of anilines is 2. The van der Waals surface area contributed by atoms with Gasteiger partial charge in [0, 0.05) is 31.6 Å². The Kier molecular flexibility index (Phi) is 4.34. The van der Waals surface area contributed by atoms with Gasteiger partial charge < -0.3 is 21.1 Å². The summed E-state index contributed by atoms with van der Waals surface area (Å²) in [6, 6.07) is 5.27. The second kappa shape index (κ2) is 5.54. The van der Waals surface area contributed by atoms with Gasteiger partial charge in [-0.15, -0.1) is 0 Å². The Morgan fingerprint density at radius 3 is 2.71 bits per heavy atom.